The van der Waals surface area contributed by atoms with Crippen molar-refractivity contribution < 1.29 is 0 Å². The van der Waals surface area contributed by atoms with E-state index in [4.69, 9.17) is 11.6 Å². The molecule has 2 aromatic rings. The van der Waals surface area contributed by atoms with Crippen LogP contribution in [0.1, 0.15) is 25.8 Å². The Kier molecular flexibility index (Phi) is 5.82. The fourth-order valence-electron chi connectivity index (χ4n) is 1.88. The molecular weight excluding hydrogens is 352 g/mol. The quantitative estimate of drug-likeness (QED) is 0.750. The molecule has 1 aromatic carbocycles. The molecule has 0 aliphatic rings. The van der Waals surface area contributed by atoms with Crippen LogP contribution in [-0.2, 0) is 6.42 Å². The zero-order valence-corrected chi connectivity index (χ0v) is 14.4. The Bertz CT molecular complexity index is 619. The molecule has 0 aliphatic heterocycles. The van der Waals surface area contributed by atoms with Crippen molar-refractivity contribution in [1.29, 1.82) is 0 Å². The standard InChI is InChI=1S/C15H18BrClN4/c1-3-7-18-15-19-9-12(17)14(21-15)20-13-6-5-11(16)8-10(13)4-2/h5-6,8-9H,3-4,7H2,1-2H3,(H2,18,19,20,21). The maximum Gasteiger partial charge on any atom is 0.224 e. The van der Waals surface area contributed by atoms with Crippen molar-refractivity contribution >= 4 is 45.0 Å². The van der Waals surface area contributed by atoms with Crippen molar-refractivity contribution in [2.24, 2.45) is 0 Å². The average molecular weight is 370 g/mol. The summed E-state index contributed by atoms with van der Waals surface area (Å²) >= 11 is 9.67. The molecule has 4 nitrogen and oxygen atoms in total. The molecular formula is C15H18BrClN4. The molecule has 0 atom stereocenters. The van der Waals surface area contributed by atoms with Crippen LogP contribution in [0.15, 0.2) is 28.9 Å². The molecule has 0 bridgehead atoms. The number of halogens is 2. The van der Waals surface area contributed by atoms with Crippen LogP contribution in [-0.4, -0.2) is 16.5 Å². The van der Waals surface area contributed by atoms with Crippen LogP contribution in [0.2, 0.25) is 5.02 Å². The summed E-state index contributed by atoms with van der Waals surface area (Å²) in [7, 11) is 0. The van der Waals surface area contributed by atoms with Crippen molar-refractivity contribution in [2.45, 2.75) is 26.7 Å². The van der Waals surface area contributed by atoms with Gasteiger partial charge in [0.15, 0.2) is 5.82 Å². The second-order valence-electron chi connectivity index (χ2n) is 4.60. The monoisotopic (exact) mass is 368 g/mol. The number of nitrogens with one attached hydrogen (secondary N) is 2. The second kappa shape index (κ2) is 7.61. The van der Waals surface area contributed by atoms with Crippen LogP contribution in [0.5, 0.6) is 0 Å². The summed E-state index contributed by atoms with van der Waals surface area (Å²) in [6.45, 7) is 5.04. The lowest BCUT2D eigenvalue weighted by Crippen LogP contribution is -2.06. The molecule has 1 heterocycles. The minimum absolute atomic E-state index is 0.502. The Labute approximate surface area is 138 Å². The van der Waals surface area contributed by atoms with E-state index in [-0.39, 0.29) is 0 Å². The van der Waals surface area contributed by atoms with E-state index in [1.807, 2.05) is 12.1 Å². The Morgan fingerprint density at radius 3 is 2.81 bits per heavy atom. The molecule has 0 saturated heterocycles. The predicted molar refractivity (Wildman–Crippen MR) is 92.6 cm³/mol. The Morgan fingerprint density at radius 1 is 1.29 bits per heavy atom. The summed E-state index contributed by atoms with van der Waals surface area (Å²) < 4.78 is 1.06. The van der Waals surface area contributed by atoms with E-state index >= 15 is 0 Å². The van der Waals surface area contributed by atoms with E-state index in [0.717, 1.165) is 29.5 Å². The molecule has 112 valence electrons. The minimum Gasteiger partial charge on any atom is -0.354 e. The van der Waals surface area contributed by atoms with Gasteiger partial charge < -0.3 is 10.6 Å². The maximum atomic E-state index is 6.18. The average Bonchev–Trinajstić information content (AvgIpc) is 2.49. The first-order valence-electron chi connectivity index (χ1n) is 6.96. The number of hydrogen-bond donors (Lipinski definition) is 2. The maximum absolute atomic E-state index is 6.18. The largest absolute Gasteiger partial charge is 0.354 e. The van der Waals surface area contributed by atoms with Gasteiger partial charge >= 0.3 is 0 Å². The van der Waals surface area contributed by atoms with Gasteiger partial charge in [0.1, 0.15) is 5.02 Å². The highest BCUT2D eigenvalue weighted by Crippen LogP contribution is 2.28. The highest BCUT2D eigenvalue weighted by atomic mass is 79.9. The first-order chi connectivity index (χ1) is 10.1. The highest BCUT2D eigenvalue weighted by Gasteiger charge is 2.08. The van der Waals surface area contributed by atoms with Crippen LogP contribution < -0.4 is 10.6 Å². The molecule has 21 heavy (non-hydrogen) atoms. The summed E-state index contributed by atoms with van der Waals surface area (Å²) in [6.07, 6.45) is 3.55. The first kappa shape index (κ1) is 16.0. The molecule has 0 saturated carbocycles. The van der Waals surface area contributed by atoms with Gasteiger partial charge in [-0.1, -0.05) is 41.4 Å². The smallest absolute Gasteiger partial charge is 0.224 e. The van der Waals surface area contributed by atoms with E-state index in [1.165, 1.54) is 5.56 Å². The van der Waals surface area contributed by atoms with Crippen LogP contribution in [0.4, 0.5) is 17.5 Å². The number of benzene rings is 1. The summed E-state index contributed by atoms with van der Waals surface area (Å²) in [5.74, 6) is 1.20. The van der Waals surface area contributed by atoms with Gasteiger partial charge in [0, 0.05) is 16.7 Å². The van der Waals surface area contributed by atoms with Crippen molar-refractivity contribution in [2.75, 3.05) is 17.2 Å². The fraction of sp³-hybridized carbons (Fsp3) is 0.333. The number of nitrogens with zero attached hydrogens (tertiary/aromatic N) is 2. The van der Waals surface area contributed by atoms with Gasteiger partial charge in [-0.05, 0) is 36.6 Å². The highest BCUT2D eigenvalue weighted by molar-refractivity contribution is 9.10. The van der Waals surface area contributed by atoms with Crippen LogP contribution in [0, 0.1) is 0 Å². The number of rotatable bonds is 6. The number of anilines is 3. The van der Waals surface area contributed by atoms with E-state index in [1.54, 1.807) is 6.20 Å². The van der Waals surface area contributed by atoms with Crippen molar-refractivity contribution in [3.05, 3.63) is 39.5 Å². The Hall–Kier alpha value is -1.33. The Morgan fingerprint density at radius 2 is 2.10 bits per heavy atom. The van der Waals surface area contributed by atoms with Crippen LogP contribution >= 0.6 is 27.5 Å². The fourth-order valence-corrected chi connectivity index (χ4v) is 2.43. The van der Waals surface area contributed by atoms with E-state index in [9.17, 15) is 0 Å². The number of aryl methyl sites for hydroxylation is 1. The summed E-state index contributed by atoms with van der Waals surface area (Å²) in [5.41, 5.74) is 2.20. The van der Waals surface area contributed by atoms with E-state index < -0.39 is 0 Å². The summed E-state index contributed by atoms with van der Waals surface area (Å²) in [6, 6.07) is 6.10. The predicted octanol–water partition coefficient (Wildman–Crippen LogP) is 5.02. The molecule has 0 spiro atoms. The molecule has 0 amide bonds. The number of aromatic nitrogens is 2. The number of hydrogen-bond acceptors (Lipinski definition) is 4. The SMILES string of the molecule is CCCNc1ncc(Cl)c(Nc2ccc(Br)cc2CC)n1. The minimum atomic E-state index is 0.502. The molecule has 0 fully saturated rings. The lowest BCUT2D eigenvalue weighted by atomic mass is 10.1. The lowest BCUT2D eigenvalue weighted by Gasteiger charge is -2.13. The molecule has 0 unspecified atom stereocenters. The zero-order valence-electron chi connectivity index (χ0n) is 12.1. The molecule has 1 aromatic heterocycles. The lowest BCUT2D eigenvalue weighted by molar-refractivity contribution is 0.953. The van der Waals surface area contributed by atoms with Gasteiger partial charge in [0.05, 0.1) is 6.20 Å². The third-order valence-electron chi connectivity index (χ3n) is 2.98. The second-order valence-corrected chi connectivity index (χ2v) is 5.92. The van der Waals surface area contributed by atoms with Gasteiger partial charge in [0.25, 0.3) is 0 Å². The van der Waals surface area contributed by atoms with Crippen molar-refractivity contribution in [3.63, 3.8) is 0 Å². The summed E-state index contributed by atoms with van der Waals surface area (Å²) in [5, 5.41) is 6.95. The van der Waals surface area contributed by atoms with Gasteiger partial charge in [-0.15, -0.1) is 0 Å². The third kappa shape index (κ3) is 4.32. The molecule has 2 N–H and O–H groups in total. The van der Waals surface area contributed by atoms with Crippen LogP contribution in [0.3, 0.4) is 0 Å². The van der Waals surface area contributed by atoms with Crippen molar-refractivity contribution in [1.82, 2.24) is 9.97 Å². The third-order valence-corrected chi connectivity index (χ3v) is 3.75. The zero-order chi connectivity index (χ0) is 15.2. The van der Waals surface area contributed by atoms with Gasteiger partial charge in [-0.2, -0.15) is 4.98 Å². The van der Waals surface area contributed by atoms with Crippen molar-refractivity contribution in [3.8, 4) is 0 Å². The summed E-state index contributed by atoms with van der Waals surface area (Å²) in [4.78, 5) is 8.60. The van der Waals surface area contributed by atoms with Crippen LogP contribution in [0.25, 0.3) is 0 Å². The Balaban J connectivity index is 2.26. The van der Waals surface area contributed by atoms with Gasteiger partial charge in [0.2, 0.25) is 5.95 Å². The van der Waals surface area contributed by atoms with E-state index in [2.05, 4.69) is 56.4 Å². The topological polar surface area (TPSA) is 49.8 Å². The van der Waals surface area contributed by atoms with Gasteiger partial charge in [-0.3, -0.25) is 0 Å². The molecule has 2 rings (SSSR count). The normalized spacial score (nSPS) is 10.5. The first-order valence-corrected chi connectivity index (χ1v) is 8.13. The molecule has 6 heteroatoms. The molecule has 0 radical (unpaired) electrons. The van der Waals surface area contributed by atoms with Gasteiger partial charge in [-0.25, -0.2) is 4.98 Å². The van der Waals surface area contributed by atoms with E-state index in [0.29, 0.717) is 16.8 Å². The molecule has 0 aliphatic carbocycles.